The van der Waals surface area contributed by atoms with E-state index in [1.807, 2.05) is 0 Å². The van der Waals surface area contributed by atoms with Crippen LogP contribution in [0.15, 0.2) is 53.4 Å². The van der Waals surface area contributed by atoms with Gasteiger partial charge in [0.2, 0.25) is 0 Å². The summed E-state index contributed by atoms with van der Waals surface area (Å²) in [5, 5.41) is 18.0. The molecule has 0 saturated heterocycles. The first-order valence-electron chi connectivity index (χ1n) is 8.90. The lowest BCUT2D eigenvalue weighted by atomic mass is 10.2. The first kappa shape index (κ1) is 22.0. The van der Waals surface area contributed by atoms with Crippen LogP contribution in [0.1, 0.15) is 16.1 Å². The molecule has 1 heterocycles. The van der Waals surface area contributed by atoms with Gasteiger partial charge in [-0.2, -0.15) is 5.10 Å². The molecule has 1 N–H and O–H groups in total. The second-order valence-electron chi connectivity index (χ2n) is 6.33. The molecule has 2 aromatic carbocycles. The third-order valence-corrected chi connectivity index (χ3v) is 4.90. The van der Waals surface area contributed by atoms with Crippen LogP contribution in [0.2, 0.25) is 0 Å². The standard InChI is InChI=1S/C20H17FN4O5S/c1-12-9-18(24(23-12)15-6-4-14(21)5-7-15)22-19(26)11-30-20(27)13-3-8-17(31-2)16(10-13)25(28)29/h3-10H,11H2,1-2H3,(H,22,26). The van der Waals surface area contributed by atoms with E-state index in [1.54, 1.807) is 19.2 Å². The van der Waals surface area contributed by atoms with E-state index in [1.165, 1.54) is 52.8 Å². The summed E-state index contributed by atoms with van der Waals surface area (Å²) in [5.41, 5.74) is 0.885. The SMILES string of the molecule is CSc1ccc(C(=O)OCC(=O)Nc2cc(C)nn2-c2ccc(F)cc2)cc1[N+](=O)[O-]. The number of nitro groups is 1. The van der Waals surface area contributed by atoms with Gasteiger partial charge in [-0.15, -0.1) is 11.8 Å². The number of hydrogen-bond donors (Lipinski definition) is 1. The van der Waals surface area contributed by atoms with Crippen LogP contribution in [0.3, 0.4) is 0 Å². The van der Waals surface area contributed by atoms with Crippen LogP contribution in [0.4, 0.5) is 15.9 Å². The fourth-order valence-corrected chi connectivity index (χ4v) is 3.27. The average Bonchev–Trinajstić information content (AvgIpc) is 3.11. The summed E-state index contributed by atoms with van der Waals surface area (Å²) in [6, 6.07) is 11.1. The van der Waals surface area contributed by atoms with Gasteiger partial charge in [0.15, 0.2) is 6.61 Å². The van der Waals surface area contributed by atoms with Gasteiger partial charge >= 0.3 is 5.97 Å². The maximum absolute atomic E-state index is 13.2. The monoisotopic (exact) mass is 444 g/mol. The van der Waals surface area contributed by atoms with Gasteiger partial charge in [0.25, 0.3) is 11.6 Å². The second-order valence-corrected chi connectivity index (χ2v) is 7.18. The van der Waals surface area contributed by atoms with Crippen LogP contribution in [0, 0.1) is 22.9 Å². The summed E-state index contributed by atoms with van der Waals surface area (Å²) < 4.78 is 19.6. The molecule has 1 amide bonds. The van der Waals surface area contributed by atoms with E-state index in [9.17, 15) is 24.1 Å². The number of ether oxygens (including phenoxy) is 1. The molecule has 0 fully saturated rings. The van der Waals surface area contributed by atoms with Crippen molar-refractivity contribution in [3.8, 4) is 5.69 Å². The molecule has 9 nitrogen and oxygen atoms in total. The van der Waals surface area contributed by atoms with Crippen LogP contribution in [0.25, 0.3) is 5.69 Å². The highest BCUT2D eigenvalue weighted by atomic mass is 32.2. The summed E-state index contributed by atoms with van der Waals surface area (Å²) in [6.07, 6.45) is 1.68. The minimum Gasteiger partial charge on any atom is -0.452 e. The first-order valence-corrected chi connectivity index (χ1v) is 10.1. The number of aryl methyl sites for hydroxylation is 1. The molecular formula is C20H17FN4O5S. The van der Waals surface area contributed by atoms with E-state index in [0.29, 0.717) is 22.1 Å². The molecule has 0 aliphatic heterocycles. The van der Waals surface area contributed by atoms with Crippen LogP contribution in [0.5, 0.6) is 0 Å². The Balaban J connectivity index is 1.67. The average molecular weight is 444 g/mol. The lowest BCUT2D eigenvalue weighted by molar-refractivity contribution is -0.387. The normalized spacial score (nSPS) is 10.5. The lowest BCUT2D eigenvalue weighted by Gasteiger charge is -2.09. The number of rotatable bonds is 7. The summed E-state index contributed by atoms with van der Waals surface area (Å²) in [4.78, 5) is 35.4. The number of amides is 1. The third-order valence-electron chi connectivity index (χ3n) is 4.12. The molecule has 0 atom stereocenters. The summed E-state index contributed by atoms with van der Waals surface area (Å²) in [6.45, 7) is 1.12. The molecule has 160 valence electrons. The minimum atomic E-state index is -0.867. The number of nitro benzene ring substituents is 1. The molecule has 0 radical (unpaired) electrons. The smallest absolute Gasteiger partial charge is 0.338 e. The molecule has 3 rings (SSSR count). The maximum Gasteiger partial charge on any atom is 0.338 e. The van der Waals surface area contributed by atoms with Crippen molar-refractivity contribution in [3.05, 3.63) is 75.7 Å². The minimum absolute atomic E-state index is 0.0375. The number of halogens is 1. The number of anilines is 1. The van der Waals surface area contributed by atoms with Crippen molar-refractivity contribution in [1.82, 2.24) is 9.78 Å². The van der Waals surface area contributed by atoms with Gasteiger partial charge in [0.05, 0.1) is 26.8 Å². The molecule has 0 spiro atoms. The zero-order chi connectivity index (χ0) is 22.5. The van der Waals surface area contributed by atoms with Crippen LogP contribution < -0.4 is 5.32 Å². The predicted octanol–water partition coefficient (Wildman–Crippen LogP) is 3.75. The number of hydrogen-bond acceptors (Lipinski definition) is 7. The van der Waals surface area contributed by atoms with Gasteiger partial charge in [-0.1, -0.05) is 0 Å². The molecule has 0 saturated carbocycles. The Morgan fingerprint density at radius 2 is 1.94 bits per heavy atom. The van der Waals surface area contributed by atoms with Crippen LogP contribution in [-0.4, -0.2) is 39.4 Å². The fourth-order valence-electron chi connectivity index (χ4n) is 2.72. The van der Waals surface area contributed by atoms with Gasteiger partial charge in [-0.3, -0.25) is 14.9 Å². The van der Waals surface area contributed by atoms with Gasteiger partial charge in [0.1, 0.15) is 11.6 Å². The Kier molecular flexibility index (Phi) is 6.65. The predicted molar refractivity (Wildman–Crippen MR) is 112 cm³/mol. The number of nitrogens with zero attached hydrogens (tertiary/aromatic N) is 3. The van der Waals surface area contributed by atoms with E-state index in [2.05, 4.69) is 10.4 Å². The molecule has 3 aromatic rings. The molecule has 0 aliphatic rings. The Hall–Kier alpha value is -3.73. The summed E-state index contributed by atoms with van der Waals surface area (Å²) in [7, 11) is 0. The van der Waals surface area contributed by atoms with Crippen molar-refractivity contribution in [2.45, 2.75) is 11.8 Å². The molecule has 11 heteroatoms. The van der Waals surface area contributed by atoms with Crippen molar-refractivity contribution in [2.24, 2.45) is 0 Å². The zero-order valence-electron chi connectivity index (χ0n) is 16.5. The molecule has 1 aromatic heterocycles. The number of esters is 1. The Labute approximate surface area is 180 Å². The molecule has 31 heavy (non-hydrogen) atoms. The second kappa shape index (κ2) is 9.39. The van der Waals surface area contributed by atoms with Crippen molar-refractivity contribution < 1.29 is 23.6 Å². The third kappa shape index (κ3) is 5.25. The van der Waals surface area contributed by atoms with Crippen molar-refractivity contribution in [1.29, 1.82) is 0 Å². The molecular weight excluding hydrogens is 427 g/mol. The maximum atomic E-state index is 13.2. The molecule has 0 aliphatic carbocycles. The van der Waals surface area contributed by atoms with E-state index in [0.717, 1.165) is 6.07 Å². The highest BCUT2D eigenvalue weighted by molar-refractivity contribution is 7.98. The van der Waals surface area contributed by atoms with E-state index < -0.39 is 29.2 Å². The van der Waals surface area contributed by atoms with E-state index >= 15 is 0 Å². The number of benzene rings is 2. The summed E-state index contributed by atoms with van der Waals surface area (Å²) >= 11 is 1.18. The van der Waals surface area contributed by atoms with Gasteiger partial charge in [-0.05, 0) is 49.6 Å². The van der Waals surface area contributed by atoms with E-state index in [4.69, 9.17) is 4.74 Å². The Morgan fingerprint density at radius 3 is 2.58 bits per heavy atom. The zero-order valence-corrected chi connectivity index (χ0v) is 17.3. The van der Waals surface area contributed by atoms with Gasteiger partial charge in [0, 0.05) is 12.1 Å². The number of carbonyl (C=O) groups is 2. The Bertz CT molecular complexity index is 1150. The number of thioether (sulfide) groups is 1. The van der Waals surface area contributed by atoms with Gasteiger partial charge < -0.3 is 10.1 Å². The van der Waals surface area contributed by atoms with Crippen molar-refractivity contribution >= 4 is 35.1 Å². The van der Waals surface area contributed by atoms with E-state index in [-0.39, 0.29) is 11.3 Å². The topological polar surface area (TPSA) is 116 Å². The highest BCUT2D eigenvalue weighted by Crippen LogP contribution is 2.28. The van der Waals surface area contributed by atoms with Gasteiger partial charge in [-0.25, -0.2) is 13.9 Å². The number of aromatic nitrogens is 2. The van der Waals surface area contributed by atoms with Crippen molar-refractivity contribution in [2.75, 3.05) is 18.2 Å². The van der Waals surface area contributed by atoms with Crippen LogP contribution in [-0.2, 0) is 9.53 Å². The number of nitrogens with one attached hydrogen (secondary N) is 1. The first-order chi connectivity index (χ1) is 14.8. The lowest BCUT2D eigenvalue weighted by Crippen LogP contribution is -2.22. The summed E-state index contributed by atoms with van der Waals surface area (Å²) in [5.74, 6) is -1.60. The van der Waals surface area contributed by atoms with Crippen LogP contribution >= 0.6 is 11.8 Å². The molecule has 0 bridgehead atoms. The largest absolute Gasteiger partial charge is 0.452 e. The highest BCUT2D eigenvalue weighted by Gasteiger charge is 2.19. The fraction of sp³-hybridized carbons (Fsp3) is 0.150. The molecule has 0 unspecified atom stereocenters. The number of carbonyl (C=O) groups excluding carboxylic acids is 2. The quantitative estimate of drug-likeness (QED) is 0.255. The Morgan fingerprint density at radius 1 is 1.23 bits per heavy atom. The van der Waals surface area contributed by atoms with Crippen molar-refractivity contribution in [3.63, 3.8) is 0 Å².